The van der Waals surface area contributed by atoms with Crippen LogP contribution in [0.2, 0.25) is 0 Å². The van der Waals surface area contributed by atoms with Crippen molar-refractivity contribution in [2.45, 2.75) is 0 Å². The van der Waals surface area contributed by atoms with E-state index in [1.54, 1.807) is 30.5 Å². The summed E-state index contributed by atoms with van der Waals surface area (Å²) in [4.78, 5) is 4.51. The molecule has 0 spiro atoms. The summed E-state index contributed by atoms with van der Waals surface area (Å²) in [5.74, 6) is 0. The van der Waals surface area contributed by atoms with Gasteiger partial charge in [0, 0.05) is 11.8 Å². The Kier molecular flexibility index (Phi) is 7.70. The molecule has 1 rings (SSSR count). The lowest BCUT2D eigenvalue weighted by Crippen LogP contribution is -1.95. The minimum absolute atomic E-state index is 0.810. The van der Waals surface area contributed by atoms with E-state index in [-0.39, 0.29) is 0 Å². The SMILES string of the molecule is C=C\C=C/C=C(C=C)/C(C=C)=C/N=C(C=C)c1ccccc1. The average molecular weight is 287 g/mol. The second-order valence-electron chi connectivity index (χ2n) is 4.32. The summed E-state index contributed by atoms with van der Waals surface area (Å²) in [6.45, 7) is 15.1. The summed E-state index contributed by atoms with van der Waals surface area (Å²) in [7, 11) is 0. The predicted molar refractivity (Wildman–Crippen MR) is 99.1 cm³/mol. The van der Waals surface area contributed by atoms with Gasteiger partial charge in [-0.15, -0.1) is 0 Å². The Morgan fingerprint density at radius 1 is 0.818 bits per heavy atom. The number of aliphatic imine (C=N–C) groups is 1. The number of hydrogen-bond donors (Lipinski definition) is 0. The van der Waals surface area contributed by atoms with Crippen LogP contribution >= 0.6 is 0 Å². The molecule has 1 heteroatoms. The van der Waals surface area contributed by atoms with E-state index < -0.39 is 0 Å². The third kappa shape index (κ3) is 5.22. The van der Waals surface area contributed by atoms with Gasteiger partial charge in [-0.2, -0.15) is 0 Å². The summed E-state index contributed by atoms with van der Waals surface area (Å²) in [5, 5.41) is 0. The smallest absolute Gasteiger partial charge is 0.0696 e. The van der Waals surface area contributed by atoms with Gasteiger partial charge in [-0.05, 0) is 17.2 Å². The number of rotatable bonds is 8. The molecule has 0 aliphatic rings. The van der Waals surface area contributed by atoms with Crippen molar-refractivity contribution < 1.29 is 0 Å². The highest BCUT2D eigenvalue weighted by Gasteiger charge is 1.98. The molecule has 0 saturated heterocycles. The van der Waals surface area contributed by atoms with Crippen molar-refractivity contribution >= 4 is 5.71 Å². The Bertz CT molecular complexity index is 652. The van der Waals surface area contributed by atoms with E-state index in [0.717, 1.165) is 22.4 Å². The number of hydrogen-bond acceptors (Lipinski definition) is 1. The van der Waals surface area contributed by atoms with E-state index >= 15 is 0 Å². The van der Waals surface area contributed by atoms with E-state index in [1.165, 1.54) is 0 Å². The van der Waals surface area contributed by atoms with Gasteiger partial charge in [0.1, 0.15) is 0 Å². The fourth-order valence-corrected chi connectivity index (χ4v) is 1.76. The van der Waals surface area contributed by atoms with Crippen LogP contribution in [0.3, 0.4) is 0 Å². The van der Waals surface area contributed by atoms with Crippen LogP contribution in [0.5, 0.6) is 0 Å². The van der Waals surface area contributed by atoms with Crippen LogP contribution < -0.4 is 0 Å². The lowest BCUT2D eigenvalue weighted by molar-refractivity contribution is 1.44. The third-order valence-electron chi connectivity index (χ3n) is 2.90. The van der Waals surface area contributed by atoms with Gasteiger partial charge >= 0.3 is 0 Å². The second kappa shape index (κ2) is 9.89. The van der Waals surface area contributed by atoms with Crippen molar-refractivity contribution in [3.05, 3.63) is 122 Å². The van der Waals surface area contributed by atoms with Crippen molar-refractivity contribution in [1.82, 2.24) is 0 Å². The lowest BCUT2D eigenvalue weighted by Gasteiger charge is -2.03. The molecule has 0 fully saturated rings. The molecule has 1 aromatic carbocycles. The average Bonchev–Trinajstić information content (AvgIpc) is 2.57. The molecule has 0 amide bonds. The molecule has 0 unspecified atom stereocenters. The van der Waals surface area contributed by atoms with Crippen molar-refractivity contribution in [3.63, 3.8) is 0 Å². The summed E-state index contributed by atoms with van der Waals surface area (Å²) < 4.78 is 0. The fourth-order valence-electron chi connectivity index (χ4n) is 1.76. The summed E-state index contributed by atoms with van der Waals surface area (Å²) in [6, 6.07) is 9.92. The first-order chi connectivity index (χ1) is 10.8. The highest BCUT2D eigenvalue weighted by Crippen LogP contribution is 2.14. The molecular weight excluding hydrogens is 266 g/mol. The molecule has 1 aromatic rings. The highest BCUT2D eigenvalue weighted by molar-refractivity contribution is 6.08. The zero-order valence-corrected chi connectivity index (χ0v) is 12.8. The van der Waals surface area contributed by atoms with Crippen LogP contribution in [0.15, 0.2) is 122 Å². The largest absolute Gasteiger partial charge is 0.256 e. The van der Waals surface area contributed by atoms with Gasteiger partial charge in [0.05, 0.1) is 5.71 Å². The zero-order chi connectivity index (χ0) is 16.2. The Hall–Kier alpha value is -2.93. The van der Waals surface area contributed by atoms with Gasteiger partial charge in [0.15, 0.2) is 0 Å². The summed E-state index contributed by atoms with van der Waals surface area (Å²) >= 11 is 0. The Morgan fingerprint density at radius 2 is 1.50 bits per heavy atom. The van der Waals surface area contributed by atoms with E-state index in [9.17, 15) is 0 Å². The van der Waals surface area contributed by atoms with Crippen molar-refractivity contribution in [3.8, 4) is 0 Å². The second-order valence-corrected chi connectivity index (χ2v) is 4.32. The summed E-state index contributed by atoms with van der Waals surface area (Å²) in [5.41, 5.74) is 3.66. The molecule has 0 atom stereocenters. The number of nitrogens with zero attached hydrogens (tertiary/aromatic N) is 1. The maximum atomic E-state index is 4.51. The molecule has 22 heavy (non-hydrogen) atoms. The van der Waals surface area contributed by atoms with Crippen LogP contribution in [-0.4, -0.2) is 5.71 Å². The van der Waals surface area contributed by atoms with E-state index in [0.29, 0.717) is 0 Å². The number of benzene rings is 1. The van der Waals surface area contributed by atoms with Gasteiger partial charge in [0.2, 0.25) is 0 Å². The molecule has 0 heterocycles. The van der Waals surface area contributed by atoms with E-state index in [2.05, 4.69) is 31.3 Å². The van der Waals surface area contributed by atoms with Crippen LogP contribution in [0, 0.1) is 0 Å². The minimum atomic E-state index is 0.810. The molecule has 0 saturated carbocycles. The molecule has 0 aliphatic carbocycles. The van der Waals surface area contributed by atoms with Crippen LogP contribution in [0.4, 0.5) is 0 Å². The molecular formula is C21H21N. The standard InChI is InChI=1S/C21H21N/c1-5-9-11-14-18(6-2)19(7-3)17-22-21(8-4)20-15-12-10-13-16-20/h5-17H,1-4H2/b11-9-,18-14+,19-17+,22-21?. The minimum Gasteiger partial charge on any atom is -0.256 e. The Labute approximate surface area is 133 Å². The van der Waals surface area contributed by atoms with Gasteiger partial charge in [-0.3, -0.25) is 4.99 Å². The van der Waals surface area contributed by atoms with Gasteiger partial charge in [-0.25, -0.2) is 0 Å². The molecule has 0 aliphatic heterocycles. The Morgan fingerprint density at radius 3 is 2.05 bits per heavy atom. The molecule has 1 nitrogen and oxygen atoms in total. The molecule has 0 aromatic heterocycles. The fraction of sp³-hybridized carbons (Fsp3) is 0. The predicted octanol–water partition coefficient (Wildman–Crippen LogP) is 5.59. The van der Waals surface area contributed by atoms with Gasteiger partial charge in [-0.1, -0.05) is 93.1 Å². The number of allylic oxidation sites excluding steroid dienone is 9. The lowest BCUT2D eigenvalue weighted by atomic mass is 10.1. The van der Waals surface area contributed by atoms with Crippen LogP contribution in [0.25, 0.3) is 0 Å². The first kappa shape index (κ1) is 17.1. The quantitative estimate of drug-likeness (QED) is 0.437. The van der Waals surface area contributed by atoms with Crippen molar-refractivity contribution in [2.24, 2.45) is 4.99 Å². The molecule has 0 N–H and O–H groups in total. The molecule has 0 radical (unpaired) electrons. The van der Waals surface area contributed by atoms with Crippen molar-refractivity contribution in [2.75, 3.05) is 0 Å². The topological polar surface area (TPSA) is 12.4 Å². The zero-order valence-electron chi connectivity index (χ0n) is 12.8. The third-order valence-corrected chi connectivity index (χ3v) is 2.90. The maximum Gasteiger partial charge on any atom is 0.0696 e. The van der Waals surface area contributed by atoms with E-state index in [4.69, 9.17) is 0 Å². The normalized spacial score (nSPS) is 13.0. The maximum absolute atomic E-state index is 4.51. The van der Waals surface area contributed by atoms with Crippen molar-refractivity contribution in [1.29, 1.82) is 0 Å². The van der Waals surface area contributed by atoms with Crippen LogP contribution in [0.1, 0.15) is 5.56 Å². The van der Waals surface area contributed by atoms with E-state index in [1.807, 2.05) is 48.6 Å². The molecule has 0 bridgehead atoms. The molecule has 110 valence electrons. The monoisotopic (exact) mass is 287 g/mol. The Balaban J connectivity index is 3.16. The summed E-state index contributed by atoms with van der Waals surface area (Å²) in [6.07, 6.45) is 14.4. The van der Waals surface area contributed by atoms with Crippen LogP contribution in [-0.2, 0) is 0 Å². The first-order valence-electron chi connectivity index (χ1n) is 6.97. The first-order valence-corrected chi connectivity index (χ1v) is 6.97. The highest BCUT2D eigenvalue weighted by atomic mass is 14.7. The van der Waals surface area contributed by atoms with Gasteiger partial charge in [0.25, 0.3) is 0 Å². The van der Waals surface area contributed by atoms with Gasteiger partial charge < -0.3 is 0 Å².